The first-order chi connectivity index (χ1) is 3.39. The molecule has 0 bridgehead atoms. The van der Waals surface area contributed by atoms with E-state index in [4.69, 9.17) is 0 Å². The van der Waals surface area contributed by atoms with Crippen LogP contribution in [-0.4, -0.2) is 4.98 Å². The number of aromatic nitrogens is 1. The van der Waals surface area contributed by atoms with Crippen LogP contribution in [0, 0.1) is 13.0 Å². The zero-order chi connectivity index (χ0) is 5.11. The largest absolute Gasteiger partial charge is 0.301 e. The molecular weight excluding hydrogens is 281 g/mol. The van der Waals surface area contributed by atoms with Crippen molar-refractivity contribution in [2.24, 2.45) is 0 Å². The molecule has 0 aliphatic rings. The first kappa shape index (κ1) is 7.84. The fourth-order valence-corrected chi connectivity index (χ4v) is 0.404. The summed E-state index contributed by atoms with van der Waals surface area (Å²) in [7, 11) is 0. The summed E-state index contributed by atoms with van der Waals surface area (Å²) in [6, 6.07) is 6.62. The van der Waals surface area contributed by atoms with Gasteiger partial charge in [-0.3, -0.25) is 0 Å². The molecular formula is C6H6NPt-. The zero-order valence-electron chi connectivity index (χ0n) is 4.50. The maximum absolute atomic E-state index is 3.92. The van der Waals surface area contributed by atoms with Crippen molar-refractivity contribution in [3.63, 3.8) is 0 Å². The van der Waals surface area contributed by atoms with Gasteiger partial charge in [-0.25, -0.2) is 12.1 Å². The smallest absolute Gasteiger partial charge is 0 e. The Bertz CT molecular complexity index is 138. The molecule has 8 heavy (non-hydrogen) atoms. The number of aryl methyl sites for hydroxylation is 1. The van der Waals surface area contributed by atoms with E-state index in [1.807, 2.05) is 19.1 Å². The standard InChI is InChI=1S/C6H6N.Pt/c1-6-4-2-3-5-7-6;/h2-3,5H,1H3;/q-1;. The predicted molar refractivity (Wildman–Crippen MR) is 27.8 cm³/mol. The molecule has 1 aromatic rings. The van der Waals surface area contributed by atoms with E-state index < -0.39 is 0 Å². The van der Waals surface area contributed by atoms with E-state index in [2.05, 4.69) is 11.1 Å². The van der Waals surface area contributed by atoms with Crippen LogP contribution in [0.3, 0.4) is 0 Å². The van der Waals surface area contributed by atoms with Crippen molar-refractivity contribution in [2.75, 3.05) is 0 Å². The minimum absolute atomic E-state index is 0. The monoisotopic (exact) mass is 287 g/mol. The van der Waals surface area contributed by atoms with Gasteiger partial charge in [-0.1, -0.05) is 11.9 Å². The molecule has 1 aromatic heterocycles. The van der Waals surface area contributed by atoms with Crippen LogP contribution in [-0.2, 0) is 21.1 Å². The summed E-state index contributed by atoms with van der Waals surface area (Å²) in [5.41, 5.74) is 0.947. The quantitative estimate of drug-likeness (QED) is 0.653. The molecule has 0 aliphatic carbocycles. The first-order valence-corrected chi connectivity index (χ1v) is 2.19. The minimum Gasteiger partial charge on any atom is -0.301 e. The van der Waals surface area contributed by atoms with Crippen LogP contribution < -0.4 is 0 Å². The maximum Gasteiger partial charge on any atom is 0 e. The summed E-state index contributed by atoms with van der Waals surface area (Å²) < 4.78 is 0. The van der Waals surface area contributed by atoms with Crippen molar-refractivity contribution in [3.8, 4) is 0 Å². The fraction of sp³-hybridized carbons (Fsp3) is 0.167. The average Bonchev–Trinajstić information content (AvgIpc) is 1.69. The van der Waals surface area contributed by atoms with Gasteiger partial charge in [-0.15, -0.1) is 0 Å². The normalized spacial score (nSPS) is 7.62. The van der Waals surface area contributed by atoms with E-state index in [0.29, 0.717) is 0 Å². The van der Waals surface area contributed by atoms with Gasteiger partial charge in [0.1, 0.15) is 0 Å². The Balaban J connectivity index is 0.000000490. The maximum atomic E-state index is 3.92. The number of rotatable bonds is 0. The van der Waals surface area contributed by atoms with Gasteiger partial charge in [0.15, 0.2) is 0 Å². The van der Waals surface area contributed by atoms with Crippen LogP contribution in [0.1, 0.15) is 5.69 Å². The number of nitrogens with zero attached hydrogens (tertiary/aromatic N) is 1. The second kappa shape index (κ2) is 3.79. The van der Waals surface area contributed by atoms with E-state index in [1.165, 1.54) is 0 Å². The molecule has 1 rings (SSSR count). The van der Waals surface area contributed by atoms with Gasteiger partial charge < -0.3 is 4.98 Å². The summed E-state index contributed by atoms with van der Waals surface area (Å²) in [5, 5.41) is 0. The SMILES string of the molecule is Cc1[c-]cccn1.[Pt]. The number of hydrogen-bond donors (Lipinski definition) is 0. The van der Waals surface area contributed by atoms with E-state index in [1.54, 1.807) is 6.20 Å². The minimum atomic E-state index is 0. The van der Waals surface area contributed by atoms with Crippen LogP contribution in [0.15, 0.2) is 18.3 Å². The molecule has 0 spiro atoms. The van der Waals surface area contributed by atoms with Gasteiger partial charge >= 0.3 is 0 Å². The Hall–Kier alpha value is -0.162. The van der Waals surface area contributed by atoms with Gasteiger partial charge in [-0.2, -0.15) is 6.07 Å². The third-order valence-corrected chi connectivity index (χ3v) is 0.743. The van der Waals surface area contributed by atoms with Crippen LogP contribution in [0.2, 0.25) is 0 Å². The summed E-state index contributed by atoms with van der Waals surface area (Å²) >= 11 is 0. The molecule has 2 heteroatoms. The fourth-order valence-electron chi connectivity index (χ4n) is 0.404. The summed E-state index contributed by atoms with van der Waals surface area (Å²) in [5.74, 6) is 0. The van der Waals surface area contributed by atoms with Crippen molar-refractivity contribution >= 4 is 0 Å². The van der Waals surface area contributed by atoms with Gasteiger partial charge in [0.2, 0.25) is 0 Å². The molecule has 0 aromatic carbocycles. The molecule has 0 N–H and O–H groups in total. The van der Waals surface area contributed by atoms with Crippen molar-refractivity contribution in [3.05, 3.63) is 30.1 Å². The second-order valence-corrected chi connectivity index (χ2v) is 1.37. The molecule has 1 nitrogen and oxygen atoms in total. The Kier molecular flexibility index (Phi) is 3.72. The van der Waals surface area contributed by atoms with Crippen LogP contribution >= 0.6 is 0 Å². The molecule has 1 heterocycles. The molecule has 0 saturated heterocycles. The number of pyridine rings is 1. The van der Waals surface area contributed by atoms with Crippen molar-refractivity contribution in [1.82, 2.24) is 4.98 Å². The topological polar surface area (TPSA) is 12.9 Å². The first-order valence-electron chi connectivity index (χ1n) is 2.19. The summed E-state index contributed by atoms with van der Waals surface area (Å²) in [6.45, 7) is 1.92. The number of hydrogen-bond acceptors (Lipinski definition) is 1. The van der Waals surface area contributed by atoms with Crippen LogP contribution in [0.5, 0.6) is 0 Å². The van der Waals surface area contributed by atoms with Crippen molar-refractivity contribution < 1.29 is 21.1 Å². The second-order valence-electron chi connectivity index (χ2n) is 1.37. The Morgan fingerprint density at radius 3 is 2.62 bits per heavy atom. The zero-order valence-corrected chi connectivity index (χ0v) is 6.77. The molecule has 0 atom stereocenters. The van der Waals surface area contributed by atoms with Crippen molar-refractivity contribution in [1.29, 1.82) is 0 Å². The van der Waals surface area contributed by atoms with Crippen LogP contribution in [0.4, 0.5) is 0 Å². The Morgan fingerprint density at radius 1 is 1.62 bits per heavy atom. The van der Waals surface area contributed by atoms with E-state index in [-0.39, 0.29) is 21.1 Å². The summed E-state index contributed by atoms with van der Waals surface area (Å²) in [6.07, 6.45) is 1.76. The Morgan fingerprint density at radius 2 is 2.38 bits per heavy atom. The molecule has 0 aliphatic heterocycles. The molecule has 0 unspecified atom stereocenters. The summed E-state index contributed by atoms with van der Waals surface area (Å²) in [4.78, 5) is 3.92. The van der Waals surface area contributed by atoms with E-state index >= 15 is 0 Å². The van der Waals surface area contributed by atoms with Gasteiger partial charge in [0, 0.05) is 21.1 Å². The van der Waals surface area contributed by atoms with E-state index in [9.17, 15) is 0 Å². The molecule has 0 amide bonds. The van der Waals surface area contributed by atoms with Gasteiger partial charge in [0.05, 0.1) is 0 Å². The molecule has 0 radical (unpaired) electrons. The van der Waals surface area contributed by atoms with Crippen LogP contribution in [0.25, 0.3) is 0 Å². The predicted octanol–water partition coefficient (Wildman–Crippen LogP) is 1.19. The molecule has 0 fully saturated rings. The van der Waals surface area contributed by atoms with Gasteiger partial charge in [-0.05, 0) is 6.92 Å². The molecule has 46 valence electrons. The average molecular weight is 287 g/mol. The van der Waals surface area contributed by atoms with Crippen molar-refractivity contribution in [2.45, 2.75) is 6.92 Å². The third kappa shape index (κ3) is 2.22. The molecule has 0 saturated carbocycles. The van der Waals surface area contributed by atoms with E-state index in [0.717, 1.165) is 5.69 Å². The van der Waals surface area contributed by atoms with Gasteiger partial charge in [0.25, 0.3) is 0 Å². The third-order valence-electron chi connectivity index (χ3n) is 0.743. The Labute approximate surface area is 63.4 Å².